The minimum atomic E-state index is -1.31. The van der Waals surface area contributed by atoms with Crippen LogP contribution in [-0.4, -0.2) is 222 Å². The SMILES string of the molecule is O=C(O)[C@H](Cc1c[nH]c2ccccc12)Nc1nc(NCCN(CCNc2nc(N[C@@H](Cc3c[nH]c4ccccc34)C(=O)O)nc(N[C@H](Cc3c[nH]c4ccccc34)C(=O)O)n2)CCNc2nc(N[C@@H](Cc3c[nH]c4ccccc34)C(=O)O)nc(N[C@H](Cc3c[nH]c4ccccc34)C(=O)O)n2)nc(N[C@H](Cc2c[nH]c3ccccc23)C(=O)O)n1. The highest BCUT2D eigenvalue weighted by Crippen LogP contribution is 2.29. The van der Waals surface area contributed by atoms with Crippen molar-refractivity contribution in [2.45, 2.75) is 74.8 Å². The molecule has 118 heavy (non-hydrogen) atoms. The van der Waals surface area contributed by atoms with Crippen molar-refractivity contribution in [3.63, 3.8) is 0 Å². The molecule has 6 aromatic carbocycles. The zero-order valence-electron chi connectivity index (χ0n) is 62.9. The topological polar surface area (TPSA) is 546 Å². The van der Waals surface area contributed by atoms with Gasteiger partial charge in [0, 0.05) is 180 Å². The molecule has 6 atom stereocenters. The smallest absolute Gasteiger partial charge is 0.326 e. The Labute approximate surface area is 668 Å². The normalized spacial score (nSPS) is 13.1. The number of nitrogens with one attached hydrogen (secondary N) is 15. The highest BCUT2D eigenvalue weighted by atomic mass is 16.4. The molecular weight excluding hydrogens is 1520 g/mol. The van der Waals surface area contributed by atoms with Gasteiger partial charge in [0.1, 0.15) is 36.3 Å². The van der Waals surface area contributed by atoms with E-state index in [-0.39, 0.29) is 131 Å². The van der Waals surface area contributed by atoms with E-state index in [9.17, 15) is 59.4 Å². The monoisotopic (exact) mass is 1600 g/mol. The number of fused-ring (bicyclic) bond motifs is 6. The lowest BCUT2D eigenvalue weighted by molar-refractivity contribution is -0.138. The molecular formula is C81H81N25O12. The Kier molecular flexibility index (Phi) is 23.3. The summed E-state index contributed by atoms with van der Waals surface area (Å²) in [4.78, 5) is 142. The van der Waals surface area contributed by atoms with Crippen LogP contribution in [0.5, 0.6) is 0 Å². The lowest BCUT2D eigenvalue weighted by Crippen LogP contribution is -2.37. The van der Waals surface area contributed by atoms with Gasteiger partial charge in [0.2, 0.25) is 53.5 Å². The Morgan fingerprint density at radius 1 is 0.254 bits per heavy atom. The van der Waals surface area contributed by atoms with Gasteiger partial charge in [-0.2, -0.15) is 44.9 Å². The first-order valence-corrected chi connectivity index (χ1v) is 37.8. The average Bonchev–Trinajstić information content (AvgIpc) is 1.74. The van der Waals surface area contributed by atoms with Crippen LogP contribution in [0.4, 0.5) is 53.5 Å². The number of aromatic amines is 6. The third-order valence-corrected chi connectivity index (χ3v) is 20.2. The molecule has 0 amide bonds. The molecule has 9 aromatic heterocycles. The summed E-state index contributed by atoms with van der Waals surface area (Å²) in [5.41, 5.74) is 8.87. The molecule has 0 aliphatic heterocycles. The molecule has 0 radical (unpaired) electrons. The Bertz CT molecular complexity index is 5230. The van der Waals surface area contributed by atoms with E-state index < -0.39 is 72.1 Å². The van der Waals surface area contributed by atoms with E-state index in [0.29, 0.717) is 33.4 Å². The summed E-state index contributed by atoms with van der Waals surface area (Å²) in [5.74, 6) is -8.99. The second-order valence-corrected chi connectivity index (χ2v) is 28.1. The lowest BCUT2D eigenvalue weighted by atomic mass is 10.1. The number of benzene rings is 6. The van der Waals surface area contributed by atoms with Crippen molar-refractivity contribution in [1.29, 1.82) is 0 Å². The number of carboxylic acids is 6. The maximum absolute atomic E-state index is 13.2. The van der Waals surface area contributed by atoms with Crippen molar-refractivity contribution in [3.8, 4) is 0 Å². The fraction of sp³-hybridized carbons (Fsp3) is 0.222. The van der Waals surface area contributed by atoms with Gasteiger partial charge in [-0.25, -0.2) is 28.8 Å². The maximum atomic E-state index is 13.2. The number of aliphatic carboxylic acids is 6. The number of carboxylic acid groups (broad SMARTS) is 6. The van der Waals surface area contributed by atoms with Crippen molar-refractivity contribution in [3.05, 3.63) is 216 Å². The quantitative estimate of drug-likeness (QED) is 0.0170. The van der Waals surface area contributed by atoms with Gasteiger partial charge in [-0.3, -0.25) is 4.90 Å². The summed E-state index contributed by atoms with van der Waals surface area (Å²) >= 11 is 0. The van der Waals surface area contributed by atoms with Gasteiger partial charge in [-0.05, 0) is 69.8 Å². The summed E-state index contributed by atoms with van der Waals surface area (Å²) < 4.78 is 0. The van der Waals surface area contributed by atoms with Gasteiger partial charge in [0.05, 0.1) is 0 Å². The molecule has 602 valence electrons. The minimum absolute atomic E-state index is 0.0279. The summed E-state index contributed by atoms with van der Waals surface area (Å²) in [6.45, 7) is 0.486. The summed E-state index contributed by atoms with van der Waals surface area (Å²) in [6.07, 6.45) is 10.2. The molecule has 0 fully saturated rings. The molecule has 15 aromatic rings. The fourth-order valence-electron chi connectivity index (χ4n) is 14.3. The first-order chi connectivity index (χ1) is 57.3. The highest BCUT2D eigenvalue weighted by molar-refractivity contribution is 5.91. The van der Waals surface area contributed by atoms with Crippen molar-refractivity contribution in [2.75, 3.05) is 87.1 Å². The lowest BCUT2D eigenvalue weighted by Gasteiger charge is -2.24. The number of anilines is 9. The predicted molar refractivity (Wildman–Crippen MR) is 444 cm³/mol. The maximum Gasteiger partial charge on any atom is 0.326 e. The van der Waals surface area contributed by atoms with E-state index in [4.69, 9.17) is 0 Å². The third-order valence-electron chi connectivity index (χ3n) is 20.2. The van der Waals surface area contributed by atoms with E-state index >= 15 is 0 Å². The predicted octanol–water partition coefficient (Wildman–Crippen LogP) is 8.71. The number of hydrogen-bond acceptors (Lipinski definition) is 25. The number of H-pyrrole nitrogens is 6. The largest absolute Gasteiger partial charge is 0.480 e. The molecule has 9 heterocycles. The molecule has 0 unspecified atom stereocenters. The van der Waals surface area contributed by atoms with Crippen LogP contribution >= 0.6 is 0 Å². The number of para-hydroxylation sites is 6. The van der Waals surface area contributed by atoms with Crippen molar-refractivity contribution in [2.24, 2.45) is 0 Å². The fourth-order valence-corrected chi connectivity index (χ4v) is 14.3. The molecule has 0 saturated heterocycles. The van der Waals surface area contributed by atoms with Gasteiger partial charge in [-0.15, -0.1) is 0 Å². The number of rotatable bonds is 42. The minimum Gasteiger partial charge on any atom is -0.480 e. The number of hydrogen-bond donors (Lipinski definition) is 21. The zero-order valence-corrected chi connectivity index (χ0v) is 62.9. The number of carbonyl (C=O) groups is 6. The van der Waals surface area contributed by atoms with Crippen LogP contribution in [0.15, 0.2) is 183 Å². The van der Waals surface area contributed by atoms with Crippen molar-refractivity contribution < 1.29 is 59.4 Å². The number of aromatic nitrogens is 15. The first-order valence-electron chi connectivity index (χ1n) is 37.8. The Hall–Kier alpha value is -15.4. The molecule has 21 N–H and O–H groups in total. The highest BCUT2D eigenvalue weighted by Gasteiger charge is 2.30. The molecule has 37 nitrogen and oxygen atoms in total. The van der Waals surface area contributed by atoms with E-state index in [0.717, 1.165) is 65.4 Å². The van der Waals surface area contributed by atoms with E-state index in [1.807, 2.05) is 150 Å². The molecule has 37 heteroatoms. The Morgan fingerprint density at radius 2 is 0.415 bits per heavy atom. The molecule has 0 spiro atoms. The summed E-state index contributed by atoms with van der Waals surface area (Å²) in [6, 6.07) is 36.7. The molecule has 15 rings (SSSR count). The Morgan fingerprint density at radius 3 is 0.585 bits per heavy atom. The molecule has 0 aliphatic carbocycles. The average molecular weight is 1600 g/mol. The first kappa shape index (κ1) is 77.9. The van der Waals surface area contributed by atoms with Crippen LogP contribution in [0.2, 0.25) is 0 Å². The van der Waals surface area contributed by atoms with E-state index in [1.54, 1.807) is 37.2 Å². The summed E-state index contributed by atoms with van der Waals surface area (Å²) in [7, 11) is 0. The number of nitrogens with zero attached hydrogens (tertiary/aromatic N) is 10. The molecule has 0 bridgehead atoms. The van der Waals surface area contributed by atoms with Gasteiger partial charge >= 0.3 is 35.8 Å². The Balaban J connectivity index is 0.736. The van der Waals surface area contributed by atoms with Crippen LogP contribution in [0.25, 0.3) is 65.4 Å². The van der Waals surface area contributed by atoms with E-state index in [2.05, 4.69) is 123 Å². The molecule has 0 aliphatic rings. The van der Waals surface area contributed by atoms with Crippen LogP contribution in [-0.2, 0) is 67.3 Å². The van der Waals surface area contributed by atoms with Crippen molar-refractivity contribution >= 4 is 155 Å². The second-order valence-electron chi connectivity index (χ2n) is 28.1. The van der Waals surface area contributed by atoms with E-state index in [1.165, 1.54) is 0 Å². The van der Waals surface area contributed by atoms with Crippen LogP contribution in [0, 0.1) is 0 Å². The third kappa shape index (κ3) is 18.8. The summed E-state index contributed by atoms with van der Waals surface area (Å²) in [5, 5.41) is 96.7. The van der Waals surface area contributed by atoms with Crippen molar-refractivity contribution in [1.82, 2.24) is 79.7 Å². The van der Waals surface area contributed by atoms with Crippen LogP contribution < -0.4 is 47.9 Å². The molecule has 0 saturated carbocycles. The van der Waals surface area contributed by atoms with Gasteiger partial charge in [0.15, 0.2) is 0 Å². The van der Waals surface area contributed by atoms with Gasteiger partial charge in [0.25, 0.3) is 0 Å². The zero-order chi connectivity index (χ0) is 81.8. The van der Waals surface area contributed by atoms with Crippen LogP contribution in [0.1, 0.15) is 33.4 Å². The van der Waals surface area contributed by atoms with Gasteiger partial charge < -0.3 is 108 Å². The van der Waals surface area contributed by atoms with Crippen LogP contribution in [0.3, 0.4) is 0 Å². The second kappa shape index (κ2) is 35.3. The van der Waals surface area contributed by atoms with Gasteiger partial charge in [-0.1, -0.05) is 109 Å². The standard InChI is InChI=1S/C81H81N25O12/c107-67(108)61(31-43-37-85-55-19-7-1-13-49(43)55)91-76-97-73(98-77(103-76)92-62(68(109)110)32-44-38-86-56-20-8-2-14-50(44)56)82-25-28-106(29-26-83-74-99-78(93-63(69(111)112)33-45-39-87-57-21-9-3-15-51(45)57)104-79(100-74)94-64(70(113)114)34-46-40-88-58-22-10-4-16-52(46)58)30-27-84-75-101-80(95-65(71(115)116)35-47-41-89-59-23-11-5-17-53(47)59)105-81(102-75)96-66(72(117)118)36-48-42-90-60-24-12-6-18-54(48)60/h1-24,37-42,61-66,85-90H,25-36H2,(H,107,108)(H,109,110)(H,111,112)(H,113,114)(H,115,116)(H,117,118)(H3,82,91,92,97,98,103)(H3,83,93,94,99,100,104)(H3,84,95,96,101,102,105)/t61-,62+,63-,64+,65-,66+.